The van der Waals surface area contributed by atoms with E-state index in [1.807, 2.05) is 0 Å². The van der Waals surface area contributed by atoms with Crippen LogP contribution in [0.3, 0.4) is 0 Å². The van der Waals surface area contributed by atoms with Gasteiger partial charge in [-0.2, -0.15) is 0 Å². The van der Waals surface area contributed by atoms with E-state index in [4.69, 9.17) is 5.11 Å². The van der Waals surface area contributed by atoms with E-state index in [2.05, 4.69) is 5.32 Å². The molecule has 1 rings (SSSR count). The quantitative estimate of drug-likeness (QED) is 0.712. The van der Waals surface area contributed by atoms with Gasteiger partial charge in [-0.05, 0) is 24.6 Å². The molecule has 0 unspecified atom stereocenters. The van der Waals surface area contributed by atoms with Gasteiger partial charge in [0.05, 0.1) is 0 Å². The fourth-order valence-corrected chi connectivity index (χ4v) is 1.28. The molecule has 2 nitrogen and oxygen atoms in total. The molecule has 0 radical (unpaired) electrons. The zero-order chi connectivity index (χ0) is 11.1. The lowest BCUT2D eigenvalue weighted by molar-refractivity contribution is 0.151. The number of benzene rings is 1. The third-order valence-corrected chi connectivity index (χ3v) is 2.04. The number of alkyl halides is 2. The Hall–Kier alpha value is -1.00. The zero-order valence-corrected chi connectivity index (χ0v) is 8.42. The predicted molar refractivity (Wildman–Crippen MR) is 54.8 cm³/mol. The van der Waals surface area contributed by atoms with Crippen molar-refractivity contribution in [3.63, 3.8) is 0 Å². The topological polar surface area (TPSA) is 32.3 Å². The van der Waals surface area contributed by atoms with Crippen LogP contribution in [0.15, 0.2) is 24.3 Å². The summed E-state index contributed by atoms with van der Waals surface area (Å²) >= 11 is 0. The Morgan fingerprint density at radius 2 is 2.13 bits per heavy atom. The number of hydrogen-bond acceptors (Lipinski definition) is 2. The molecule has 0 aliphatic rings. The molecule has 0 atom stereocenters. The van der Waals surface area contributed by atoms with Crippen LogP contribution in [0.2, 0.25) is 0 Å². The molecule has 0 saturated carbocycles. The number of aliphatic hydroxyl groups excluding tert-OH is 1. The Bertz CT molecular complexity index is 292. The van der Waals surface area contributed by atoms with Gasteiger partial charge in [0.2, 0.25) is 0 Å². The van der Waals surface area contributed by atoms with Gasteiger partial charge in [0.1, 0.15) is 0 Å². The van der Waals surface area contributed by atoms with E-state index in [9.17, 15) is 8.78 Å². The summed E-state index contributed by atoms with van der Waals surface area (Å²) in [5, 5.41) is 11.6. The Labute approximate surface area is 87.9 Å². The first-order chi connectivity index (χ1) is 7.24. The van der Waals surface area contributed by atoms with Gasteiger partial charge in [-0.1, -0.05) is 18.2 Å². The number of halogens is 2. The molecular weight excluding hydrogens is 200 g/mol. The van der Waals surface area contributed by atoms with Crippen molar-refractivity contribution in [2.24, 2.45) is 0 Å². The summed E-state index contributed by atoms with van der Waals surface area (Å²) in [6, 6.07) is 6.35. The van der Waals surface area contributed by atoms with Crippen molar-refractivity contribution in [1.82, 2.24) is 5.32 Å². The van der Waals surface area contributed by atoms with Gasteiger partial charge in [-0.3, -0.25) is 0 Å². The molecular formula is C11H15F2NO. The highest BCUT2D eigenvalue weighted by atomic mass is 19.3. The summed E-state index contributed by atoms with van der Waals surface area (Å²) in [5.41, 5.74) is 0.891. The van der Waals surface area contributed by atoms with E-state index in [1.165, 1.54) is 12.1 Å². The van der Waals surface area contributed by atoms with E-state index in [1.54, 1.807) is 12.1 Å². The van der Waals surface area contributed by atoms with Crippen LogP contribution in [-0.2, 0) is 6.54 Å². The third kappa shape index (κ3) is 4.36. The molecule has 0 spiro atoms. The molecule has 2 N–H and O–H groups in total. The molecule has 0 aliphatic heterocycles. The molecule has 15 heavy (non-hydrogen) atoms. The molecule has 0 aliphatic carbocycles. The lowest BCUT2D eigenvalue weighted by Crippen LogP contribution is -2.15. The first kappa shape index (κ1) is 12.1. The van der Waals surface area contributed by atoms with Gasteiger partial charge in [0, 0.05) is 18.7 Å². The molecule has 0 amide bonds. The smallest absolute Gasteiger partial charge is 0.263 e. The van der Waals surface area contributed by atoms with Crippen LogP contribution in [-0.4, -0.2) is 18.3 Å². The van der Waals surface area contributed by atoms with E-state index >= 15 is 0 Å². The monoisotopic (exact) mass is 215 g/mol. The number of nitrogens with one attached hydrogen (secondary N) is 1. The van der Waals surface area contributed by atoms with Gasteiger partial charge < -0.3 is 10.4 Å². The van der Waals surface area contributed by atoms with Gasteiger partial charge >= 0.3 is 0 Å². The van der Waals surface area contributed by atoms with E-state index in [-0.39, 0.29) is 12.2 Å². The van der Waals surface area contributed by atoms with Crippen molar-refractivity contribution >= 4 is 0 Å². The maximum Gasteiger partial charge on any atom is 0.263 e. The Morgan fingerprint density at radius 1 is 1.33 bits per heavy atom. The molecule has 1 aromatic rings. The second-order valence-corrected chi connectivity index (χ2v) is 3.30. The maximum absolute atomic E-state index is 12.3. The van der Waals surface area contributed by atoms with Gasteiger partial charge in [0.25, 0.3) is 6.43 Å². The standard InChI is InChI=1S/C11H15F2NO/c12-11(13)10-4-1-3-9(7-10)8-14-5-2-6-15/h1,3-4,7,11,14-15H,2,5-6,8H2. The molecule has 4 heteroatoms. The molecule has 0 fully saturated rings. The highest BCUT2D eigenvalue weighted by molar-refractivity contribution is 5.24. The van der Waals surface area contributed by atoms with Crippen molar-refractivity contribution in [3.8, 4) is 0 Å². The molecule has 1 aromatic carbocycles. The van der Waals surface area contributed by atoms with Crippen molar-refractivity contribution in [3.05, 3.63) is 35.4 Å². The van der Waals surface area contributed by atoms with Crippen LogP contribution in [0, 0.1) is 0 Å². The first-order valence-corrected chi connectivity index (χ1v) is 4.92. The summed E-state index contributed by atoms with van der Waals surface area (Å²) in [6.07, 6.45) is -1.74. The van der Waals surface area contributed by atoms with Crippen LogP contribution in [0.4, 0.5) is 8.78 Å². The van der Waals surface area contributed by atoms with Gasteiger partial charge in [-0.15, -0.1) is 0 Å². The molecule has 0 bridgehead atoms. The van der Waals surface area contributed by atoms with Gasteiger partial charge in [-0.25, -0.2) is 8.78 Å². The van der Waals surface area contributed by atoms with Crippen molar-refractivity contribution in [2.75, 3.05) is 13.2 Å². The lowest BCUT2D eigenvalue weighted by Gasteiger charge is -2.05. The van der Waals surface area contributed by atoms with Crippen LogP contribution in [0.1, 0.15) is 24.0 Å². The third-order valence-electron chi connectivity index (χ3n) is 2.04. The number of aliphatic hydroxyl groups is 1. The minimum Gasteiger partial charge on any atom is -0.396 e. The predicted octanol–water partition coefficient (Wildman–Crippen LogP) is 2.10. The highest BCUT2D eigenvalue weighted by Crippen LogP contribution is 2.19. The van der Waals surface area contributed by atoms with Crippen molar-refractivity contribution < 1.29 is 13.9 Å². The average Bonchev–Trinajstić information content (AvgIpc) is 2.25. The van der Waals surface area contributed by atoms with E-state index in [0.717, 1.165) is 5.56 Å². The first-order valence-electron chi connectivity index (χ1n) is 4.92. The highest BCUT2D eigenvalue weighted by Gasteiger charge is 2.06. The minimum absolute atomic E-state index is 0.0523. The van der Waals surface area contributed by atoms with Crippen LogP contribution < -0.4 is 5.32 Å². The molecule has 0 saturated heterocycles. The minimum atomic E-state index is -2.41. The second-order valence-electron chi connectivity index (χ2n) is 3.30. The summed E-state index contributed by atoms with van der Waals surface area (Å²) in [6.45, 7) is 1.39. The fourth-order valence-electron chi connectivity index (χ4n) is 1.28. The van der Waals surface area contributed by atoms with Crippen LogP contribution >= 0.6 is 0 Å². The lowest BCUT2D eigenvalue weighted by atomic mass is 10.1. The van der Waals surface area contributed by atoms with Crippen molar-refractivity contribution in [2.45, 2.75) is 19.4 Å². The van der Waals surface area contributed by atoms with Crippen LogP contribution in [0.25, 0.3) is 0 Å². The summed E-state index contributed by atoms with van der Waals surface area (Å²) in [4.78, 5) is 0. The number of rotatable bonds is 6. The fraction of sp³-hybridized carbons (Fsp3) is 0.455. The summed E-state index contributed by atoms with van der Waals surface area (Å²) < 4.78 is 24.7. The van der Waals surface area contributed by atoms with E-state index < -0.39 is 6.43 Å². The van der Waals surface area contributed by atoms with Crippen molar-refractivity contribution in [1.29, 1.82) is 0 Å². The molecule has 0 aromatic heterocycles. The zero-order valence-electron chi connectivity index (χ0n) is 8.42. The Balaban J connectivity index is 2.43. The van der Waals surface area contributed by atoms with Gasteiger partial charge in [0.15, 0.2) is 0 Å². The second kappa shape index (κ2) is 6.48. The molecule has 0 heterocycles. The normalized spacial score (nSPS) is 10.9. The maximum atomic E-state index is 12.3. The van der Waals surface area contributed by atoms with Crippen LogP contribution in [0.5, 0.6) is 0 Å². The Kier molecular flexibility index (Phi) is 5.21. The Morgan fingerprint density at radius 3 is 2.80 bits per heavy atom. The molecule has 84 valence electrons. The number of hydrogen-bond donors (Lipinski definition) is 2. The average molecular weight is 215 g/mol. The largest absolute Gasteiger partial charge is 0.396 e. The summed E-state index contributed by atoms with van der Waals surface area (Å²) in [5.74, 6) is 0. The summed E-state index contributed by atoms with van der Waals surface area (Å²) in [7, 11) is 0. The SMILES string of the molecule is OCCCNCc1cccc(C(F)F)c1. The van der Waals surface area contributed by atoms with E-state index in [0.29, 0.717) is 19.5 Å².